The van der Waals surface area contributed by atoms with Gasteiger partial charge in [-0.2, -0.15) is 0 Å². The van der Waals surface area contributed by atoms with Crippen molar-refractivity contribution in [3.63, 3.8) is 0 Å². The maximum absolute atomic E-state index is 12.7. The van der Waals surface area contributed by atoms with E-state index in [1.807, 2.05) is 24.3 Å². The third kappa shape index (κ3) is 3.92. The van der Waals surface area contributed by atoms with Gasteiger partial charge < -0.3 is 5.32 Å². The number of hydrogen-bond acceptors (Lipinski definition) is 5. The average Bonchev–Trinajstić information content (AvgIpc) is 3.50. The summed E-state index contributed by atoms with van der Waals surface area (Å²) in [6, 6.07) is 16.9. The molecule has 30 heavy (non-hydrogen) atoms. The molecule has 1 saturated carbocycles. The van der Waals surface area contributed by atoms with Crippen LogP contribution in [0.5, 0.6) is 0 Å². The Morgan fingerprint density at radius 1 is 0.900 bits per heavy atom. The minimum absolute atomic E-state index is 0.143. The Bertz CT molecular complexity index is 1250. The molecule has 0 radical (unpaired) electrons. The van der Waals surface area contributed by atoms with Gasteiger partial charge in [0.15, 0.2) is 5.13 Å². The Labute approximate surface area is 177 Å². The largest absolute Gasteiger partial charge is 0.349 e. The number of anilines is 1. The molecule has 6 nitrogen and oxygen atoms in total. The molecule has 2 heterocycles. The second-order valence-electron chi connectivity index (χ2n) is 7.22. The van der Waals surface area contributed by atoms with E-state index in [1.54, 1.807) is 36.7 Å². The van der Waals surface area contributed by atoms with Gasteiger partial charge in [0.2, 0.25) is 0 Å². The van der Waals surface area contributed by atoms with E-state index in [-0.39, 0.29) is 17.9 Å². The number of fused-ring (bicyclic) bond motifs is 1. The monoisotopic (exact) mass is 414 g/mol. The fourth-order valence-corrected chi connectivity index (χ4v) is 4.07. The van der Waals surface area contributed by atoms with E-state index in [0.717, 1.165) is 34.2 Å². The Balaban J connectivity index is 1.35. The van der Waals surface area contributed by atoms with Crippen molar-refractivity contribution in [1.82, 2.24) is 15.3 Å². The lowest BCUT2D eigenvalue weighted by molar-refractivity contribution is 0.0951. The Morgan fingerprint density at radius 2 is 1.67 bits per heavy atom. The summed E-state index contributed by atoms with van der Waals surface area (Å²) in [5.41, 5.74) is 3.88. The second-order valence-corrected chi connectivity index (χ2v) is 8.25. The summed E-state index contributed by atoms with van der Waals surface area (Å²) in [7, 11) is 0. The predicted molar refractivity (Wildman–Crippen MR) is 118 cm³/mol. The Kier molecular flexibility index (Phi) is 4.72. The first-order valence-electron chi connectivity index (χ1n) is 9.69. The molecule has 148 valence electrons. The lowest BCUT2D eigenvalue weighted by Gasteiger charge is -2.06. The molecule has 1 fully saturated rings. The van der Waals surface area contributed by atoms with Crippen molar-refractivity contribution in [2.45, 2.75) is 18.9 Å². The van der Waals surface area contributed by atoms with E-state index in [9.17, 15) is 9.59 Å². The van der Waals surface area contributed by atoms with E-state index in [4.69, 9.17) is 0 Å². The van der Waals surface area contributed by atoms with E-state index < -0.39 is 0 Å². The topological polar surface area (TPSA) is 84.0 Å². The van der Waals surface area contributed by atoms with Crippen LogP contribution < -0.4 is 10.6 Å². The Morgan fingerprint density at radius 3 is 2.43 bits per heavy atom. The van der Waals surface area contributed by atoms with Gasteiger partial charge in [0.1, 0.15) is 0 Å². The Hall–Kier alpha value is -3.58. The SMILES string of the molecule is O=C(Nc1nc2ccc(-c3ccncc3)cc2s1)c1cccc(C(=O)NC2CC2)c1. The van der Waals surface area contributed by atoms with E-state index >= 15 is 0 Å². The number of thiazole rings is 1. The number of aromatic nitrogens is 2. The smallest absolute Gasteiger partial charge is 0.257 e. The summed E-state index contributed by atoms with van der Waals surface area (Å²) in [4.78, 5) is 33.5. The zero-order chi connectivity index (χ0) is 20.5. The summed E-state index contributed by atoms with van der Waals surface area (Å²) in [5.74, 6) is -0.430. The molecule has 2 aromatic carbocycles. The summed E-state index contributed by atoms with van der Waals surface area (Å²) in [5, 5.41) is 6.31. The van der Waals surface area contributed by atoms with Crippen LogP contribution in [0.4, 0.5) is 5.13 Å². The normalized spacial score (nSPS) is 13.2. The molecule has 0 bridgehead atoms. The molecule has 1 aliphatic carbocycles. The van der Waals surface area contributed by atoms with Gasteiger partial charge in [0.05, 0.1) is 10.2 Å². The zero-order valence-electron chi connectivity index (χ0n) is 16.0. The number of amides is 2. The lowest BCUT2D eigenvalue weighted by Crippen LogP contribution is -2.25. The lowest BCUT2D eigenvalue weighted by atomic mass is 10.1. The summed E-state index contributed by atoms with van der Waals surface area (Å²) < 4.78 is 0.983. The van der Waals surface area contributed by atoms with Crippen LogP contribution in [-0.4, -0.2) is 27.8 Å². The number of benzene rings is 2. The molecular weight excluding hydrogens is 396 g/mol. The van der Waals surface area contributed by atoms with Crippen molar-refractivity contribution in [2.24, 2.45) is 0 Å². The van der Waals surface area contributed by atoms with Gasteiger partial charge in [-0.15, -0.1) is 0 Å². The van der Waals surface area contributed by atoms with Crippen molar-refractivity contribution in [3.8, 4) is 11.1 Å². The molecule has 4 aromatic rings. The highest BCUT2D eigenvalue weighted by Gasteiger charge is 2.24. The van der Waals surface area contributed by atoms with Gasteiger partial charge in [-0.1, -0.05) is 23.5 Å². The highest BCUT2D eigenvalue weighted by molar-refractivity contribution is 7.22. The van der Waals surface area contributed by atoms with Crippen LogP contribution >= 0.6 is 11.3 Å². The number of nitrogens with zero attached hydrogens (tertiary/aromatic N) is 2. The van der Waals surface area contributed by atoms with Crippen LogP contribution in [0.1, 0.15) is 33.6 Å². The van der Waals surface area contributed by atoms with Gasteiger partial charge in [0, 0.05) is 29.6 Å². The number of carbonyl (C=O) groups excluding carboxylic acids is 2. The van der Waals surface area contributed by atoms with Crippen molar-refractivity contribution in [1.29, 1.82) is 0 Å². The molecule has 7 heteroatoms. The summed E-state index contributed by atoms with van der Waals surface area (Å²) >= 11 is 1.42. The number of rotatable bonds is 5. The number of pyridine rings is 1. The number of nitrogens with one attached hydrogen (secondary N) is 2. The molecule has 0 atom stereocenters. The van der Waals surface area contributed by atoms with Gasteiger partial charge >= 0.3 is 0 Å². The quantitative estimate of drug-likeness (QED) is 0.504. The van der Waals surface area contributed by atoms with E-state index in [0.29, 0.717) is 16.3 Å². The first-order chi connectivity index (χ1) is 14.7. The van der Waals surface area contributed by atoms with E-state index in [1.165, 1.54) is 11.3 Å². The number of hydrogen-bond donors (Lipinski definition) is 2. The fourth-order valence-electron chi connectivity index (χ4n) is 3.17. The first kappa shape index (κ1) is 18.4. The third-order valence-corrected chi connectivity index (χ3v) is 5.86. The van der Waals surface area contributed by atoms with Crippen molar-refractivity contribution >= 4 is 38.5 Å². The fraction of sp³-hybridized carbons (Fsp3) is 0.130. The molecule has 5 rings (SSSR count). The summed E-state index contributed by atoms with van der Waals surface area (Å²) in [6.45, 7) is 0. The maximum Gasteiger partial charge on any atom is 0.257 e. The van der Waals surface area contributed by atoms with Crippen LogP contribution in [0.15, 0.2) is 67.0 Å². The second kappa shape index (κ2) is 7.68. The molecule has 0 spiro atoms. The highest BCUT2D eigenvalue weighted by atomic mass is 32.1. The molecular formula is C23H18N4O2S. The van der Waals surface area contributed by atoms with Gasteiger partial charge in [-0.25, -0.2) is 4.98 Å². The molecule has 0 aliphatic heterocycles. The van der Waals surface area contributed by atoms with Crippen molar-refractivity contribution in [2.75, 3.05) is 5.32 Å². The van der Waals surface area contributed by atoms with Gasteiger partial charge in [-0.05, 0) is 66.4 Å². The third-order valence-electron chi connectivity index (χ3n) is 4.92. The predicted octanol–water partition coefficient (Wildman–Crippen LogP) is 4.50. The molecule has 0 saturated heterocycles. The van der Waals surface area contributed by atoms with Crippen molar-refractivity contribution in [3.05, 3.63) is 78.1 Å². The average molecular weight is 414 g/mol. The van der Waals surface area contributed by atoms with Crippen molar-refractivity contribution < 1.29 is 9.59 Å². The van der Waals surface area contributed by atoms with E-state index in [2.05, 4.69) is 26.7 Å². The molecule has 2 N–H and O–H groups in total. The van der Waals surface area contributed by atoms with Crippen LogP contribution in [0.2, 0.25) is 0 Å². The molecule has 0 unspecified atom stereocenters. The molecule has 2 amide bonds. The minimum atomic E-state index is -0.288. The van der Waals surface area contributed by atoms with Gasteiger partial charge in [-0.3, -0.25) is 19.9 Å². The van der Waals surface area contributed by atoms with Crippen LogP contribution in [0.25, 0.3) is 21.3 Å². The maximum atomic E-state index is 12.7. The standard InChI is InChI=1S/C23H18N4O2S/c28-21(25-18-5-6-18)16-2-1-3-17(12-16)22(29)27-23-26-19-7-4-15(13-20(19)30-23)14-8-10-24-11-9-14/h1-4,7-13,18H,5-6H2,(H,25,28)(H,26,27,29). The van der Waals surface area contributed by atoms with Crippen LogP contribution in [0, 0.1) is 0 Å². The number of carbonyl (C=O) groups is 2. The zero-order valence-corrected chi connectivity index (χ0v) is 16.8. The highest BCUT2D eigenvalue weighted by Crippen LogP contribution is 2.30. The molecule has 2 aromatic heterocycles. The van der Waals surface area contributed by atoms with Crippen LogP contribution in [-0.2, 0) is 0 Å². The minimum Gasteiger partial charge on any atom is -0.349 e. The van der Waals surface area contributed by atoms with Crippen LogP contribution in [0.3, 0.4) is 0 Å². The first-order valence-corrected chi connectivity index (χ1v) is 10.5. The summed E-state index contributed by atoms with van der Waals surface area (Å²) in [6.07, 6.45) is 5.56. The molecule has 1 aliphatic rings. The van der Waals surface area contributed by atoms with Gasteiger partial charge in [0.25, 0.3) is 11.8 Å².